The summed E-state index contributed by atoms with van der Waals surface area (Å²) in [5, 5.41) is 10.1. The van der Waals surface area contributed by atoms with Gasteiger partial charge < -0.3 is 16.4 Å². The first kappa shape index (κ1) is 18.9. The maximum atomic E-state index is 13.9. The van der Waals surface area contributed by atoms with Gasteiger partial charge in [-0.1, -0.05) is 6.07 Å². The zero-order valence-electron chi connectivity index (χ0n) is 15.7. The molecule has 0 aliphatic carbocycles. The third kappa shape index (κ3) is 3.66. The predicted octanol–water partition coefficient (Wildman–Crippen LogP) is 1.81. The Bertz CT molecular complexity index is 1090. The Morgan fingerprint density at radius 1 is 1.38 bits per heavy atom. The number of pyridine rings is 1. The van der Waals surface area contributed by atoms with Crippen LogP contribution >= 0.6 is 0 Å². The third-order valence-electron chi connectivity index (χ3n) is 4.66. The van der Waals surface area contributed by atoms with Crippen molar-refractivity contribution in [3.63, 3.8) is 0 Å². The Balaban J connectivity index is 1.69. The molecule has 8 nitrogen and oxygen atoms in total. The van der Waals surface area contributed by atoms with E-state index in [9.17, 15) is 8.78 Å². The van der Waals surface area contributed by atoms with Crippen molar-refractivity contribution >= 4 is 23.3 Å². The summed E-state index contributed by atoms with van der Waals surface area (Å²) in [6.45, 7) is -0.172. The van der Waals surface area contributed by atoms with Gasteiger partial charge in [-0.05, 0) is 24.3 Å². The van der Waals surface area contributed by atoms with Crippen LogP contribution in [0.4, 0.5) is 14.6 Å². The Morgan fingerprint density at radius 3 is 2.97 bits per heavy atom. The molecule has 1 unspecified atom stereocenters. The lowest BCUT2D eigenvalue weighted by atomic mass is 10.2. The van der Waals surface area contributed by atoms with Gasteiger partial charge in [-0.15, -0.1) is 0 Å². The van der Waals surface area contributed by atoms with E-state index in [-0.39, 0.29) is 13.1 Å². The smallest absolute Gasteiger partial charge is 0.281 e. The molecule has 1 aliphatic heterocycles. The van der Waals surface area contributed by atoms with Gasteiger partial charge in [-0.3, -0.25) is 4.99 Å². The van der Waals surface area contributed by atoms with E-state index in [1.165, 1.54) is 6.20 Å². The van der Waals surface area contributed by atoms with Gasteiger partial charge in [0, 0.05) is 31.6 Å². The van der Waals surface area contributed by atoms with Crippen LogP contribution in [-0.2, 0) is 0 Å². The summed E-state index contributed by atoms with van der Waals surface area (Å²) in [7, 11) is 1.65. The molecule has 0 saturated carbocycles. The molecule has 1 fully saturated rings. The molecule has 1 atom stereocenters. The van der Waals surface area contributed by atoms with E-state index in [4.69, 9.17) is 5.73 Å². The Morgan fingerprint density at radius 2 is 2.24 bits per heavy atom. The number of hydrogen-bond acceptors (Lipinski definition) is 7. The number of aromatic nitrogens is 4. The van der Waals surface area contributed by atoms with Gasteiger partial charge in [-0.25, -0.2) is 23.3 Å². The van der Waals surface area contributed by atoms with E-state index >= 15 is 0 Å². The number of alkyl halides is 2. The van der Waals surface area contributed by atoms with Crippen molar-refractivity contribution < 1.29 is 8.78 Å². The second kappa shape index (κ2) is 7.55. The molecular formula is C19H20F2N8. The van der Waals surface area contributed by atoms with Crippen molar-refractivity contribution in [2.45, 2.75) is 12.0 Å². The number of hydrogen-bond donors (Lipinski definition) is 3. The SMILES string of the molecule is CN=C/C(=C\N)c1ccc2ncc(-c3cccc(NC4CNCC4(F)F)n3)n2n1. The van der Waals surface area contributed by atoms with Crippen molar-refractivity contribution in [3.05, 3.63) is 48.4 Å². The first-order valence-electron chi connectivity index (χ1n) is 9.03. The lowest BCUT2D eigenvalue weighted by Gasteiger charge is -2.19. The van der Waals surface area contributed by atoms with Gasteiger partial charge in [0.15, 0.2) is 5.65 Å². The minimum Gasteiger partial charge on any atom is -0.404 e. The van der Waals surface area contributed by atoms with Crippen molar-refractivity contribution in [3.8, 4) is 11.4 Å². The van der Waals surface area contributed by atoms with Gasteiger partial charge in [0.2, 0.25) is 0 Å². The summed E-state index contributed by atoms with van der Waals surface area (Å²) >= 11 is 0. The van der Waals surface area contributed by atoms with Crippen LogP contribution in [0, 0.1) is 0 Å². The molecule has 3 aromatic rings. The summed E-state index contributed by atoms with van der Waals surface area (Å²) in [4.78, 5) is 12.8. The van der Waals surface area contributed by atoms with Crippen LogP contribution in [0.15, 0.2) is 47.7 Å². The molecule has 1 aliphatic rings. The second-order valence-electron chi connectivity index (χ2n) is 6.64. The number of anilines is 1. The van der Waals surface area contributed by atoms with Gasteiger partial charge in [0.05, 0.1) is 24.1 Å². The van der Waals surface area contributed by atoms with Crippen LogP contribution in [0.5, 0.6) is 0 Å². The van der Waals surface area contributed by atoms with Gasteiger partial charge in [0.25, 0.3) is 5.92 Å². The molecule has 0 bridgehead atoms. The van der Waals surface area contributed by atoms with Crippen LogP contribution < -0.4 is 16.4 Å². The molecule has 3 aromatic heterocycles. The average Bonchev–Trinajstić information content (AvgIpc) is 3.28. The Hall–Kier alpha value is -3.40. The summed E-state index contributed by atoms with van der Waals surface area (Å²) in [5.74, 6) is -2.47. The molecule has 29 heavy (non-hydrogen) atoms. The monoisotopic (exact) mass is 398 g/mol. The normalized spacial score (nSPS) is 19.3. The predicted molar refractivity (Wildman–Crippen MR) is 108 cm³/mol. The van der Waals surface area contributed by atoms with Crippen LogP contribution in [0.2, 0.25) is 0 Å². The zero-order chi connectivity index (χ0) is 20.4. The van der Waals surface area contributed by atoms with Crippen LogP contribution in [0.3, 0.4) is 0 Å². The summed E-state index contributed by atoms with van der Waals surface area (Å²) < 4.78 is 29.4. The highest BCUT2D eigenvalue weighted by Gasteiger charge is 2.44. The van der Waals surface area contributed by atoms with E-state index in [0.717, 1.165) is 0 Å². The van der Waals surface area contributed by atoms with Crippen molar-refractivity contribution in [1.29, 1.82) is 0 Å². The number of fused-ring (bicyclic) bond motifs is 1. The molecule has 150 valence electrons. The van der Waals surface area contributed by atoms with Crippen LogP contribution in [-0.4, -0.2) is 57.9 Å². The largest absolute Gasteiger partial charge is 0.404 e. The fourth-order valence-electron chi connectivity index (χ4n) is 3.18. The highest BCUT2D eigenvalue weighted by atomic mass is 19.3. The number of allylic oxidation sites excluding steroid dienone is 1. The highest BCUT2D eigenvalue weighted by Crippen LogP contribution is 2.26. The Kier molecular flexibility index (Phi) is 4.93. The minimum absolute atomic E-state index is 0.173. The first-order valence-corrected chi connectivity index (χ1v) is 9.03. The second-order valence-corrected chi connectivity index (χ2v) is 6.64. The number of nitrogens with zero attached hydrogens (tertiary/aromatic N) is 5. The van der Waals surface area contributed by atoms with E-state index < -0.39 is 12.0 Å². The topological polar surface area (TPSA) is 106 Å². The lowest BCUT2D eigenvalue weighted by molar-refractivity contribution is 0.0138. The quantitative estimate of drug-likeness (QED) is 0.566. The standard InChI is InChI=1S/C19H20F2N8/c1-23-8-12(7-22)13-5-6-18-25-9-15(29(18)28-13)14-3-2-4-17(26-14)27-16-10-24-11-19(16,20)21/h2-9,16,24H,10-11,22H2,1H3,(H,26,27)/b12-7+,23-8?. The molecule has 4 heterocycles. The molecule has 0 spiro atoms. The molecule has 0 amide bonds. The first-order chi connectivity index (χ1) is 14.0. The van der Waals surface area contributed by atoms with E-state index in [2.05, 4.69) is 30.7 Å². The third-order valence-corrected chi connectivity index (χ3v) is 4.66. The molecule has 10 heteroatoms. The number of rotatable bonds is 5. The van der Waals surface area contributed by atoms with Crippen LogP contribution in [0.25, 0.3) is 22.6 Å². The highest BCUT2D eigenvalue weighted by molar-refractivity contribution is 6.08. The zero-order valence-corrected chi connectivity index (χ0v) is 15.7. The summed E-state index contributed by atoms with van der Waals surface area (Å²) in [6, 6.07) is 7.79. The molecular weight excluding hydrogens is 378 g/mol. The van der Waals surface area contributed by atoms with Crippen molar-refractivity contribution in [1.82, 2.24) is 24.9 Å². The molecule has 4 N–H and O–H groups in total. The molecule has 0 radical (unpaired) electrons. The molecule has 0 aromatic carbocycles. The summed E-state index contributed by atoms with van der Waals surface area (Å²) in [6.07, 6.45) is 4.68. The number of nitrogens with two attached hydrogens (primary N) is 1. The average molecular weight is 398 g/mol. The van der Waals surface area contributed by atoms with Crippen molar-refractivity contribution in [2.75, 3.05) is 25.5 Å². The Labute approximate surface area is 165 Å². The fraction of sp³-hybridized carbons (Fsp3) is 0.263. The number of nitrogens with one attached hydrogen (secondary N) is 2. The molecule has 1 saturated heterocycles. The molecule has 4 rings (SSSR count). The maximum Gasteiger partial charge on any atom is 0.281 e. The number of halogens is 2. The lowest BCUT2D eigenvalue weighted by Crippen LogP contribution is -2.38. The van der Waals surface area contributed by atoms with Gasteiger partial charge in [0.1, 0.15) is 17.6 Å². The van der Waals surface area contributed by atoms with E-state index in [0.29, 0.717) is 34.1 Å². The minimum atomic E-state index is -2.83. The van der Waals surface area contributed by atoms with Gasteiger partial charge in [-0.2, -0.15) is 5.10 Å². The maximum absolute atomic E-state index is 13.9. The summed E-state index contributed by atoms with van der Waals surface area (Å²) in [5.41, 5.74) is 8.77. The number of aliphatic imine (C=N–C) groups is 1. The number of imidazole rings is 1. The van der Waals surface area contributed by atoms with E-state index in [1.54, 1.807) is 48.2 Å². The van der Waals surface area contributed by atoms with Gasteiger partial charge >= 0.3 is 0 Å². The van der Waals surface area contributed by atoms with Crippen molar-refractivity contribution in [2.24, 2.45) is 10.7 Å². The van der Waals surface area contributed by atoms with Crippen LogP contribution in [0.1, 0.15) is 5.69 Å². The van der Waals surface area contributed by atoms with E-state index in [1.807, 2.05) is 6.07 Å². The fourth-order valence-corrected chi connectivity index (χ4v) is 3.18.